The maximum atomic E-state index is 5.98. The lowest BCUT2D eigenvalue weighted by molar-refractivity contribution is 0.354. The summed E-state index contributed by atoms with van der Waals surface area (Å²) < 4.78 is 5.67. The van der Waals surface area contributed by atoms with E-state index in [1.54, 1.807) is 0 Å². The second kappa shape index (κ2) is 6.56. The first-order valence-corrected chi connectivity index (χ1v) is 5.77. The summed E-state index contributed by atoms with van der Waals surface area (Å²) in [6.45, 7) is 4.64. The third-order valence-corrected chi connectivity index (χ3v) is 2.68. The molecule has 1 aromatic rings. The summed E-state index contributed by atoms with van der Waals surface area (Å²) in [5.41, 5.74) is 1.08. The van der Waals surface area contributed by atoms with Gasteiger partial charge >= 0.3 is 0 Å². The highest BCUT2D eigenvalue weighted by atomic mass is 35.5. The zero-order chi connectivity index (χ0) is 12.0. The fraction of sp³-hybridized carbons (Fsp3) is 0.385. The van der Waals surface area contributed by atoms with E-state index in [4.69, 9.17) is 16.3 Å². The van der Waals surface area contributed by atoms with Gasteiger partial charge in [-0.1, -0.05) is 23.8 Å². The topological polar surface area (TPSA) is 21.3 Å². The quantitative estimate of drug-likeness (QED) is 0.794. The molecule has 0 saturated carbocycles. The average Bonchev–Trinajstić information content (AvgIpc) is 2.30. The minimum Gasteiger partial charge on any atom is -0.489 e. The number of hydrogen-bond donors (Lipinski definition) is 1. The maximum absolute atomic E-state index is 5.98. The molecule has 1 N–H and O–H groups in total. The van der Waals surface area contributed by atoms with Crippen LogP contribution >= 0.6 is 11.6 Å². The molecule has 0 bridgehead atoms. The first-order valence-electron chi connectivity index (χ1n) is 5.39. The molecule has 0 heterocycles. The Balaban J connectivity index is 2.88. The molecule has 16 heavy (non-hydrogen) atoms. The maximum Gasteiger partial charge on any atom is 0.124 e. The molecule has 0 fully saturated rings. The first-order chi connectivity index (χ1) is 7.69. The van der Waals surface area contributed by atoms with Crippen LogP contribution in [-0.4, -0.2) is 13.7 Å². The predicted molar refractivity (Wildman–Crippen MR) is 69.2 cm³/mol. The molecule has 3 heteroatoms. The smallest absolute Gasteiger partial charge is 0.124 e. The zero-order valence-corrected chi connectivity index (χ0v) is 10.7. The lowest BCUT2D eigenvalue weighted by Gasteiger charge is -2.16. The molecule has 0 radical (unpaired) electrons. The van der Waals surface area contributed by atoms with Crippen molar-refractivity contribution in [3.05, 3.63) is 40.9 Å². The molecule has 0 spiro atoms. The van der Waals surface area contributed by atoms with Crippen molar-refractivity contribution in [3.8, 4) is 5.75 Å². The standard InChI is InChI=1S/C13H18ClNO/c1-4-5-8-16-13-7-6-11(14)9-12(13)10(2)15-3/h4-7,9-10,15H,8H2,1-3H3. The number of allylic oxidation sites excluding steroid dienone is 1. The number of nitrogens with one attached hydrogen (secondary N) is 1. The average molecular weight is 240 g/mol. The summed E-state index contributed by atoms with van der Waals surface area (Å²) in [4.78, 5) is 0. The van der Waals surface area contributed by atoms with Crippen molar-refractivity contribution >= 4 is 11.6 Å². The summed E-state index contributed by atoms with van der Waals surface area (Å²) >= 11 is 5.98. The Labute approximate surface area is 102 Å². The van der Waals surface area contributed by atoms with Gasteiger partial charge < -0.3 is 10.1 Å². The third kappa shape index (κ3) is 3.54. The van der Waals surface area contributed by atoms with Crippen LogP contribution in [0.3, 0.4) is 0 Å². The van der Waals surface area contributed by atoms with Crippen LogP contribution in [0.1, 0.15) is 25.5 Å². The predicted octanol–water partition coefficient (Wildman–Crippen LogP) is 3.58. The number of hydrogen-bond acceptors (Lipinski definition) is 2. The highest BCUT2D eigenvalue weighted by Gasteiger charge is 2.10. The van der Waals surface area contributed by atoms with Gasteiger partial charge in [-0.25, -0.2) is 0 Å². The van der Waals surface area contributed by atoms with Crippen LogP contribution in [0.15, 0.2) is 30.4 Å². The normalized spacial score (nSPS) is 13.0. The van der Waals surface area contributed by atoms with Gasteiger partial charge in [0, 0.05) is 16.6 Å². The Hall–Kier alpha value is -0.990. The fourth-order valence-electron chi connectivity index (χ4n) is 1.38. The second-order valence-electron chi connectivity index (χ2n) is 3.57. The molecule has 0 aliphatic rings. The third-order valence-electron chi connectivity index (χ3n) is 2.44. The lowest BCUT2D eigenvalue weighted by Crippen LogP contribution is -2.13. The minimum atomic E-state index is 0.222. The van der Waals surface area contributed by atoms with Crippen molar-refractivity contribution in [1.82, 2.24) is 5.32 Å². The Kier molecular flexibility index (Phi) is 5.36. The van der Waals surface area contributed by atoms with Gasteiger partial charge in [0.15, 0.2) is 0 Å². The summed E-state index contributed by atoms with van der Waals surface area (Å²) in [5.74, 6) is 0.879. The van der Waals surface area contributed by atoms with E-state index in [-0.39, 0.29) is 6.04 Å². The number of benzene rings is 1. The van der Waals surface area contributed by atoms with E-state index in [1.807, 2.05) is 44.3 Å². The molecule has 0 aliphatic heterocycles. The van der Waals surface area contributed by atoms with Crippen molar-refractivity contribution < 1.29 is 4.74 Å². The van der Waals surface area contributed by atoms with Crippen LogP contribution < -0.4 is 10.1 Å². The van der Waals surface area contributed by atoms with Gasteiger partial charge in [0.05, 0.1) is 0 Å². The number of halogens is 1. The summed E-state index contributed by atoms with van der Waals surface area (Å²) in [6.07, 6.45) is 3.94. The molecule has 1 rings (SSSR count). The van der Waals surface area contributed by atoms with E-state index in [9.17, 15) is 0 Å². The van der Waals surface area contributed by atoms with Gasteiger partial charge in [0.25, 0.3) is 0 Å². The van der Waals surface area contributed by atoms with Crippen molar-refractivity contribution in [2.75, 3.05) is 13.7 Å². The summed E-state index contributed by atoms with van der Waals surface area (Å²) in [6, 6.07) is 5.92. The second-order valence-corrected chi connectivity index (χ2v) is 4.01. The summed E-state index contributed by atoms with van der Waals surface area (Å²) in [7, 11) is 1.92. The van der Waals surface area contributed by atoms with E-state index < -0.39 is 0 Å². The SMILES string of the molecule is CC=CCOc1ccc(Cl)cc1C(C)NC. The molecule has 0 amide bonds. The van der Waals surface area contributed by atoms with Crippen LogP contribution in [0.25, 0.3) is 0 Å². The Morgan fingerprint density at radius 2 is 2.25 bits per heavy atom. The Morgan fingerprint density at radius 1 is 1.50 bits per heavy atom. The van der Waals surface area contributed by atoms with Gasteiger partial charge in [-0.3, -0.25) is 0 Å². The van der Waals surface area contributed by atoms with Crippen LogP contribution in [-0.2, 0) is 0 Å². The molecule has 0 aliphatic carbocycles. The Morgan fingerprint density at radius 3 is 2.88 bits per heavy atom. The molecule has 1 atom stereocenters. The molecule has 0 saturated heterocycles. The van der Waals surface area contributed by atoms with Crippen LogP contribution in [0.4, 0.5) is 0 Å². The number of rotatable bonds is 5. The van der Waals surface area contributed by atoms with E-state index in [0.29, 0.717) is 6.61 Å². The van der Waals surface area contributed by atoms with Crippen LogP contribution in [0, 0.1) is 0 Å². The first kappa shape index (κ1) is 13.1. The monoisotopic (exact) mass is 239 g/mol. The van der Waals surface area contributed by atoms with Crippen molar-refractivity contribution in [2.45, 2.75) is 19.9 Å². The zero-order valence-electron chi connectivity index (χ0n) is 9.96. The lowest BCUT2D eigenvalue weighted by atomic mass is 10.1. The van der Waals surface area contributed by atoms with Crippen LogP contribution in [0.2, 0.25) is 5.02 Å². The molecule has 1 unspecified atom stereocenters. The van der Waals surface area contributed by atoms with Crippen molar-refractivity contribution in [3.63, 3.8) is 0 Å². The molecular formula is C13H18ClNO. The van der Waals surface area contributed by atoms with Crippen molar-refractivity contribution in [2.24, 2.45) is 0 Å². The van der Waals surface area contributed by atoms with Gasteiger partial charge in [0.1, 0.15) is 12.4 Å². The summed E-state index contributed by atoms with van der Waals surface area (Å²) in [5, 5.41) is 3.91. The van der Waals surface area contributed by atoms with Crippen molar-refractivity contribution in [1.29, 1.82) is 0 Å². The fourth-order valence-corrected chi connectivity index (χ4v) is 1.56. The van der Waals surface area contributed by atoms with Gasteiger partial charge in [-0.15, -0.1) is 0 Å². The van der Waals surface area contributed by atoms with Crippen LogP contribution in [0.5, 0.6) is 5.75 Å². The highest BCUT2D eigenvalue weighted by molar-refractivity contribution is 6.30. The molecule has 0 aromatic heterocycles. The van der Waals surface area contributed by atoms with E-state index in [2.05, 4.69) is 12.2 Å². The molecule has 1 aromatic carbocycles. The van der Waals surface area contributed by atoms with E-state index in [0.717, 1.165) is 16.3 Å². The Bertz CT molecular complexity index is 363. The number of ether oxygens (including phenoxy) is 1. The molecular weight excluding hydrogens is 222 g/mol. The highest BCUT2D eigenvalue weighted by Crippen LogP contribution is 2.28. The molecule has 88 valence electrons. The van der Waals surface area contributed by atoms with E-state index >= 15 is 0 Å². The van der Waals surface area contributed by atoms with Gasteiger partial charge in [0.2, 0.25) is 0 Å². The van der Waals surface area contributed by atoms with Gasteiger partial charge in [-0.05, 0) is 39.1 Å². The largest absolute Gasteiger partial charge is 0.489 e. The minimum absolute atomic E-state index is 0.222. The van der Waals surface area contributed by atoms with Gasteiger partial charge in [-0.2, -0.15) is 0 Å². The molecule has 2 nitrogen and oxygen atoms in total. The van der Waals surface area contributed by atoms with E-state index in [1.165, 1.54) is 0 Å².